The molecule has 0 aromatic carbocycles. The van der Waals surface area contributed by atoms with E-state index in [1.807, 2.05) is 13.8 Å². The van der Waals surface area contributed by atoms with Gasteiger partial charge in [0.1, 0.15) is 6.54 Å². The lowest BCUT2D eigenvalue weighted by molar-refractivity contribution is -0.127. The fourth-order valence-electron chi connectivity index (χ4n) is 2.52. The first-order valence-corrected chi connectivity index (χ1v) is 10.6. The topological polar surface area (TPSA) is 94.1 Å². The fourth-order valence-corrected chi connectivity index (χ4v) is 3.50. The Kier molecular flexibility index (Phi) is 8.99. The molecule has 12 heteroatoms. The number of carbonyl (C=O) groups is 1. The number of piperidine rings is 1. The molecule has 1 amide bonds. The van der Waals surface area contributed by atoms with Gasteiger partial charge in [-0.25, -0.2) is 13.4 Å². The van der Waals surface area contributed by atoms with Crippen molar-refractivity contribution in [2.45, 2.75) is 44.7 Å². The van der Waals surface area contributed by atoms with Crippen molar-refractivity contribution < 1.29 is 26.4 Å². The molecule has 0 radical (unpaired) electrons. The highest BCUT2D eigenvalue weighted by atomic mass is 32.2. The molecular formula is C16H30F3N5O3S. The standard InChI is InChI=1S/C16H30F3N5O3S/c1-5-12(2)22-15(21-11-14(25)23(3)4)20-10-13-6-8-24(9-7-13)28(26,27)16(17,18)19/h12-13H,5-11H2,1-4H3,(H2,20,21,22). The van der Waals surface area contributed by atoms with E-state index in [9.17, 15) is 26.4 Å². The third-order valence-electron chi connectivity index (χ3n) is 4.63. The number of guanidine groups is 1. The Hall–Kier alpha value is -1.56. The molecule has 1 atom stereocenters. The van der Waals surface area contributed by atoms with Crippen molar-refractivity contribution in [3.63, 3.8) is 0 Å². The molecule has 8 nitrogen and oxygen atoms in total. The first kappa shape index (κ1) is 24.5. The number of carbonyl (C=O) groups excluding carboxylic acids is 1. The third-order valence-corrected chi connectivity index (χ3v) is 6.26. The summed E-state index contributed by atoms with van der Waals surface area (Å²) in [5.74, 6) is 0.305. The van der Waals surface area contributed by atoms with E-state index in [4.69, 9.17) is 0 Å². The second-order valence-electron chi connectivity index (χ2n) is 7.08. The molecule has 2 N–H and O–H groups in total. The predicted octanol–water partition coefficient (Wildman–Crippen LogP) is 0.970. The fraction of sp³-hybridized carbons (Fsp3) is 0.875. The van der Waals surface area contributed by atoms with Crippen molar-refractivity contribution in [2.75, 3.05) is 40.3 Å². The molecule has 1 saturated heterocycles. The van der Waals surface area contributed by atoms with Crippen LogP contribution in [0.5, 0.6) is 0 Å². The number of aliphatic imine (C=N–C) groups is 1. The number of likely N-dealkylation sites (N-methyl/N-ethyl adjacent to an activating group) is 1. The van der Waals surface area contributed by atoms with Crippen LogP contribution >= 0.6 is 0 Å². The Labute approximate surface area is 164 Å². The normalized spacial score (nSPS) is 18.6. The number of hydrogen-bond donors (Lipinski definition) is 2. The van der Waals surface area contributed by atoms with E-state index < -0.39 is 15.5 Å². The van der Waals surface area contributed by atoms with E-state index in [2.05, 4.69) is 15.6 Å². The van der Waals surface area contributed by atoms with E-state index in [-0.39, 0.29) is 37.5 Å². The van der Waals surface area contributed by atoms with Crippen LogP contribution < -0.4 is 10.6 Å². The molecule has 0 aromatic rings. The molecule has 1 unspecified atom stereocenters. The summed E-state index contributed by atoms with van der Waals surface area (Å²) in [6.45, 7) is 4.03. The van der Waals surface area contributed by atoms with Gasteiger partial charge in [0.05, 0.1) is 0 Å². The van der Waals surface area contributed by atoms with Gasteiger partial charge in [0.25, 0.3) is 0 Å². The summed E-state index contributed by atoms with van der Waals surface area (Å²) < 4.78 is 61.3. The maximum Gasteiger partial charge on any atom is 0.511 e. The summed E-state index contributed by atoms with van der Waals surface area (Å²) in [6.07, 6.45) is 1.47. The van der Waals surface area contributed by atoms with Crippen molar-refractivity contribution in [3.05, 3.63) is 0 Å². The first-order chi connectivity index (χ1) is 12.9. The Balaban J connectivity index is 2.62. The number of alkyl halides is 3. The lowest BCUT2D eigenvalue weighted by atomic mass is 9.98. The minimum atomic E-state index is -5.27. The van der Waals surface area contributed by atoms with Crippen LogP contribution in [-0.4, -0.2) is 81.3 Å². The van der Waals surface area contributed by atoms with Gasteiger partial charge in [0.15, 0.2) is 5.96 Å². The van der Waals surface area contributed by atoms with Crippen LogP contribution in [0.3, 0.4) is 0 Å². The maximum absolute atomic E-state index is 12.6. The van der Waals surface area contributed by atoms with Gasteiger partial charge in [0, 0.05) is 39.8 Å². The number of amides is 1. The van der Waals surface area contributed by atoms with Crippen molar-refractivity contribution in [2.24, 2.45) is 10.9 Å². The summed E-state index contributed by atoms with van der Waals surface area (Å²) in [7, 11) is -2.00. The molecule has 28 heavy (non-hydrogen) atoms. The molecule has 1 rings (SSSR count). The van der Waals surface area contributed by atoms with Crippen LogP contribution in [0, 0.1) is 5.92 Å². The Morgan fingerprint density at radius 2 is 1.86 bits per heavy atom. The molecule has 0 aliphatic carbocycles. The highest BCUT2D eigenvalue weighted by Gasteiger charge is 2.50. The molecule has 1 fully saturated rings. The first-order valence-electron chi connectivity index (χ1n) is 9.19. The lowest BCUT2D eigenvalue weighted by Gasteiger charge is -2.32. The zero-order valence-electron chi connectivity index (χ0n) is 16.7. The number of sulfonamides is 1. The van der Waals surface area contributed by atoms with Crippen molar-refractivity contribution in [1.82, 2.24) is 19.8 Å². The van der Waals surface area contributed by atoms with Gasteiger partial charge in [-0.2, -0.15) is 17.5 Å². The van der Waals surface area contributed by atoms with Gasteiger partial charge in [-0.05, 0) is 32.1 Å². The third kappa shape index (κ3) is 7.12. The smallest absolute Gasteiger partial charge is 0.356 e. The van der Waals surface area contributed by atoms with E-state index in [0.29, 0.717) is 29.7 Å². The summed E-state index contributed by atoms with van der Waals surface area (Å²) in [5, 5.41) is 6.28. The van der Waals surface area contributed by atoms with Crippen molar-refractivity contribution >= 4 is 21.9 Å². The van der Waals surface area contributed by atoms with Gasteiger partial charge in [0.2, 0.25) is 5.91 Å². The van der Waals surface area contributed by atoms with Crippen LogP contribution in [0.2, 0.25) is 0 Å². The van der Waals surface area contributed by atoms with Crippen LogP contribution in [0.25, 0.3) is 0 Å². The maximum atomic E-state index is 12.6. The number of hydrogen-bond acceptors (Lipinski definition) is 4. The van der Waals surface area contributed by atoms with Crippen molar-refractivity contribution in [1.29, 1.82) is 0 Å². The lowest BCUT2D eigenvalue weighted by Crippen LogP contribution is -2.48. The Morgan fingerprint density at radius 3 is 2.32 bits per heavy atom. The Bertz CT molecular complexity index is 644. The Morgan fingerprint density at radius 1 is 1.29 bits per heavy atom. The molecule has 1 aliphatic heterocycles. The van der Waals surface area contributed by atoms with E-state index in [0.717, 1.165) is 6.42 Å². The number of nitrogens with one attached hydrogen (secondary N) is 2. The summed E-state index contributed by atoms with van der Waals surface area (Å²) in [5.41, 5.74) is -5.27. The quantitative estimate of drug-likeness (QED) is 0.465. The van der Waals surface area contributed by atoms with Gasteiger partial charge in [-0.3, -0.25) is 4.79 Å². The van der Waals surface area contributed by atoms with Crippen molar-refractivity contribution in [3.8, 4) is 0 Å². The van der Waals surface area contributed by atoms with Crippen LogP contribution in [0.1, 0.15) is 33.1 Å². The second kappa shape index (κ2) is 10.3. The molecule has 0 aromatic heterocycles. The molecule has 1 heterocycles. The number of rotatable bonds is 7. The minimum Gasteiger partial charge on any atom is -0.356 e. The number of halogens is 3. The van der Waals surface area contributed by atoms with Gasteiger partial charge < -0.3 is 15.5 Å². The zero-order chi connectivity index (χ0) is 21.5. The summed E-state index contributed by atoms with van der Waals surface area (Å²) in [6, 6.07) is 0.125. The van der Waals surface area contributed by atoms with Gasteiger partial charge in [-0.15, -0.1) is 0 Å². The predicted molar refractivity (Wildman–Crippen MR) is 101 cm³/mol. The van der Waals surface area contributed by atoms with E-state index in [1.165, 1.54) is 4.90 Å². The summed E-state index contributed by atoms with van der Waals surface area (Å²) in [4.78, 5) is 17.4. The van der Waals surface area contributed by atoms with E-state index >= 15 is 0 Å². The number of nitrogens with zero attached hydrogens (tertiary/aromatic N) is 3. The average molecular weight is 430 g/mol. The van der Waals surface area contributed by atoms with Gasteiger partial charge in [-0.1, -0.05) is 6.92 Å². The van der Waals surface area contributed by atoms with Gasteiger partial charge >= 0.3 is 15.5 Å². The molecule has 0 bridgehead atoms. The molecule has 1 aliphatic rings. The van der Waals surface area contributed by atoms with Crippen LogP contribution in [0.4, 0.5) is 13.2 Å². The average Bonchev–Trinajstić information content (AvgIpc) is 2.62. The second-order valence-corrected chi connectivity index (χ2v) is 9.01. The zero-order valence-corrected chi connectivity index (χ0v) is 17.5. The molecule has 0 spiro atoms. The molecular weight excluding hydrogens is 399 g/mol. The summed E-state index contributed by atoms with van der Waals surface area (Å²) >= 11 is 0. The monoisotopic (exact) mass is 429 g/mol. The largest absolute Gasteiger partial charge is 0.511 e. The SMILES string of the molecule is CCC(C)NC(=NCC(=O)N(C)C)NCC1CCN(S(=O)(=O)C(F)(F)F)CC1. The molecule has 164 valence electrons. The highest BCUT2D eigenvalue weighted by Crippen LogP contribution is 2.30. The van der Waals surface area contributed by atoms with Crippen LogP contribution in [-0.2, 0) is 14.8 Å². The minimum absolute atomic E-state index is 0.00756. The molecule has 0 saturated carbocycles. The van der Waals surface area contributed by atoms with E-state index in [1.54, 1.807) is 14.1 Å². The van der Waals surface area contributed by atoms with Crippen LogP contribution in [0.15, 0.2) is 4.99 Å². The highest BCUT2D eigenvalue weighted by molar-refractivity contribution is 7.90.